The van der Waals surface area contributed by atoms with Crippen molar-refractivity contribution in [3.63, 3.8) is 0 Å². The number of rotatable bonds is 21. The molecule has 5 N–H and O–H groups in total. The average Bonchev–Trinajstić information content (AvgIpc) is 3.49. The van der Waals surface area contributed by atoms with Crippen LogP contribution >= 0.6 is 11.6 Å². The molecule has 4 heterocycles. The predicted octanol–water partition coefficient (Wildman–Crippen LogP) is 2.25. The van der Waals surface area contributed by atoms with E-state index < -0.39 is 39.7 Å². The lowest BCUT2D eigenvalue weighted by Gasteiger charge is -2.34. The Morgan fingerprint density at radius 2 is 1.59 bits per heavy atom. The molecule has 0 aromatic heterocycles. The summed E-state index contributed by atoms with van der Waals surface area (Å²) in [6.07, 6.45) is 2.82. The summed E-state index contributed by atoms with van der Waals surface area (Å²) in [7, 11) is -3.54. The van der Waals surface area contributed by atoms with Gasteiger partial charge in [-0.1, -0.05) is 24.2 Å². The molecular formula is C41H54ClN7O11S. The molecule has 0 bridgehead atoms. The number of phenols is 1. The molecule has 3 saturated heterocycles. The molecule has 0 aliphatic carbocycles. The molecule has 2 aromatic carbocycles. The summed E-state index contributed by atoms with van der Waals surface area (Å²) in [6.45, 7) is 9.36. The number of fused-ring (bicyclic) bond motifs is 1. The number of phenolic OH excluding ortho intramolecular Hbond substituents is 1. The summed E-state index contributed by atoms with van der Waals surface area (Å²) in [6, 6.07) is 6.93. The summed E-state index contributed by atoms with van der Waals surface area (Å²) in [5.74, 6) is -2.23. The van der Waals surface area contributed by atoms with Crippen LogP contribution in [0.2, 0.25) is 5.02 Å². The van der Waals surface area contributed by atoms with E-state index in [1.54, 1.807) is 23.1 Å². The number of anilines is 2. The predicted molar refractivity (Wildman–Crippen MR) is 226 cm³/mol. The molecule has 0 saturated carbocycles. The third-order valence-corrected chi connectivity index (χ3v) is 12.6. The molecule has 332 valence electrons. The van der Waals surface area contributed by atoms with Crippen molar-refractivity contribution < 1.29 is 51.7 Å². The lowest BCUT2D eigenvalue weighted by atomic mass is 9.88. The second-order valence-corrected chi connectivity index (χ2v) is 17.4. The minimum atomic E-state index is -3.54. The van der Waals surface area contributed by atoms with Crippen molar-refractivity contribution in [3.8, 4) is 5.75 Å². The maximum atomic E-state index is 13.2. The topological polar surface area (TPSA) is 225 Å². The molecule has 18 nitrogen and oxygen atoms in total. The maximum Gasteiger partial charge on any atom is 0.264 e. The van der Waals surface area contributed by atoms with Gasteiger partial charge in [-0.15, -0.1) is 0 Å². The highest BCUT2D eigenvalue weighted by molar-refractivity contribution is 7.92. The molecule has 1 unspecified atom stereocenters. The van der Waals surface area contributed by atoms with E-state index in [0.29, 0.717) is 88.5 Å². The Kier molecular flexibility index (Phi) is 16.1. The second-order valence-electron chi connectivity index (χ2n) is 15.3. The van der Waals surface area contributed by atoms with Crippen molar-refractivity contribution >= 4 is 62.5 Å². The van der Waals surface area contributed by atoms with Gasteiger partial charge in [0.05, 0.1) is 63.0 Å². The van der Waals surface area contributed by atoms with Gasteiger partial charge in [0.1, 0.15) is 11.8 Å². The molecule has 6 rings (SSSR count). The molecule has 4 aliphatic rings. The smallest absolute Gasteiger partial charge is 0.264 e. The average molecular weight is 888 g/mol. The van der Waals surface area contributed by atoms with Crippen molar-refractivity contribution in [2.75, 3.05) is 96.1 Å². The molecule has 61 heavy (non-hydrogen) atoms. The van der Waals surface area contributed by atoms with E-state index in [1.807, 2.05) is 6.07 Å². The fourth-order valence-electron chi connectivity index (χ4n) is 8.05. The number of imide groups is 2. The number of sulfonamides is 1. The standard InChI is InChI=1S/C41H54ClN7O11S/c1-2-61(56,57)46-29-10-15-48(16-11-29)36(52)26-44-38-31(24-28(42)25-34(38)50)27-8-13-47(14-9-27)17-19-59-21-23-60-22-20-58-18-12-43-32-5-3-4-30-37(32)41(55)49(40(30)54)33-6-7-35(51)45-39(33)53/h2-5,24-25,27,29,33,43-44,46,50H,1,6-23,26H2,(H,45,51,53). The highest BCUT2D eigenvalue weighted by Gasteiger charge is 2.45. The zero-order chi connectivity index (χ0) is 43.5. The van der Waals surface area contributed by atoms with Gasteiger partial charge in [0.2, 0.25) is 27.7 Å². The minimum absolute atomic E-state index is 0.0125. The van der Waals surface area contributed by atoms with Crippen LogP contribution in [-0.2, 0) is 38.6 Å². The molecule has 3 fully saturated rings. The Morgan fingerprint density at radius 3 is 2.28 bits per heavy atom. The van der Waals surface area contributed by atoms with E-state index in [1.165, 1.54) is 6.07 Å². The zero-order valence-electron chi connectivity index (χ0n) is 34.0. The third-order valence-electron chi connectivity index (χ3n) is 11.3. The van der Waals surface area contributed by atoms with Gasteiger partial charge < -0.3 is 39.8 Å². The van der Waals surface area contributed by atoms with E-state index in [2.05, 4.69) is 32.2 Å². The Labute approximate surface area is 360 Å². The number of benzene rings is 2. The number of nitrogens with zero attached hydrogens (tertiary/aromatic N) is 3. The van der Waals surface area contributed by atoms with Gasteiger partial charge in [0.15, 0.2) is 0 Å². The largest absolute Gasteiger partial charge is 0.506 e. The van der Waals surface area contributed by atoms with Crippen molar-refractivity contribution in [3.05, 3.63) is 64.0 Å². The van der Waals surface area contributed by atoms with Gasteiger partial charge >= 0.3 is 0 Å². The van der Waals surface area contributed by atoms with Crippen LogP contribution in [0.5, 0.6) is 5.75 Å². The Morgan fingerprint density at radius 1 is 0.902 bits per heavy atom. The molecule has 0 spiro atoms. The molecule has 0 radical (unpaired) electrons. The maximum absolute atomic E-state index is 13.2. The van der Waals surface area contributed by atoms with Crippen molar-refractivity contribution in [2.45, 2.75) is 56.5 Å². The molecule has 4 aliphatic heterocycles. The number of hydrogen-bond donors (Lipinski definition) is 5. The van der Waals surface area contributed by atoms with Gasteiger partial charge in [-0.25, -0.2) is 13.1 Å². The van der Waals surface area contributed by atoms with Crippen LogP contribution in [-0.4, -0.2) is 155 Å². The summed E-state index contributed by atoms with van der Waals surface area (Å²) in [5, 5.41) is 20.6. The van der Waals surface area contributed by atoms with Gasteiger partial charge in [0.25, 0.3) is 11.8 Å². The van der Waals surface area contributed by atoms with Crippen molar-refractivity contribution in [1.82, 2.24) is 24.7 Å². The lowest BCUT2D eigenvalue weighted by molar-refractivity contribution is -0.136. The number of ether oxygens (including phenoxy) is 3. The number of aromatic hydroxyl groups is 1. The number of piperidine rings is 3. The number of amides is 5. The monoisotopic (exact) mass is 887 g/mol. The molecule has 1 atom stereocenters. The van der Waals surface area contributed by atoms with Crippen LogP contribution in [0.4, 0.5) is 11.4 Å². The van der Waals surface area contributed by atoms with Crippen molar-refractivity contribution in [2.24, 2.45) is 0 Å². The SMILES string of the molecule is C=CS(=O)(=O)NC1CCN(C(=O)CNc2c(O)cc(Cl)cc2C2CCN(CCOCCOCCOCCNc3cccc4c3C(=O)N(C3CCC(=O)NC3=O)C4=O)CC2)CC1. The Bertz CT molecular complexity index is 2060. The van der Waals surface area contributed by atoms with Gasteiger partial charge in [-0.3, -0.25) is 34.2 Å². The Hall–Kier alpha value is -4.63. The molecule has 20 heteroatoms. The summed E-state index contributed by atoms with van der Waals surface area (Å²) in [4.78, 5) is 68.2. The fourth-order valence-corrected chi connectivity index (χ4v) is 9.07. The van der Waals surface area contributed by atoms with Crippen LogP contribution in [0.3, 0.4) is 0 Å². The zero-order valence-corrected chi connectivity index (χ0v) is 35.6. The number of nitrogens with one attached hydrogen (secondary N) is 4. The molecule has 5 amide bonds. The first-order chi connectivity index (χ1) is 29.3. The summed E-state index contributed by atoms with van der Waals surface area (Å²) >= 11 is 6.36. The van der Waals surface area contributed by atoms with Crippen LogP contribution in [0, 0.1) is 0 Å². The first-order valence-electron chi connectivity index (χ1n) is 20.6. The normalized spacial score (nSPS) is 19.3. The first kappa shape index (κ1) is 45.9. The van der Waals surface area contributed by atoms with Crippen LogP contribution < -0.4 is 20.7 Å². The summed E-state index contributed by atoms with van der Waals surface area (Å²) < 4.78 is 43.3. The number of carbonyl (C=O) groups is 5. The number of halogens is 1. The quantitative estimate of drug-likeness (QED) is 0.0689. The second kappa shape index (κ2) is 21.4. The molecule has 2 aromatic rings. The third kappa shape index (κ3) is 12.1. The van der Waals surface area contributed by atoms with Gasteiger partial charge in [0, 0.05) is 60.8 Å². The van der Waals surface area contributed by atoms with Crippen LogP contribution in [0.25, 0.3) is 0 Å². The highest BCUT2D eigenvalue weighted by atomic mass is 35.5. The van der Waals surface area contributed by atoms with Gasteiger partial charge in [-0.2, -0.15) is 0 Å². The number of hydrogen-bond acceptors (Lipinski definition) is 14. The Balaban J connectivity index is 0.816. The van der Waals surface area contributed by atoms with E-state index in [9.17, 15) is 37.5 Å². The highest BCUT2D eigenvalue weighted by Crippen LogP contribution is 2.40. The minimum Gasteiger partial charge on any atom is -0.506 e. The fraction of sp³-hybridized carbons (Fsp3) is 0.537. The molecular weight excluding hydrogens is 834 g/mol. The van der Waals surface area contributed by atoms with E-state index in [0.717, 1.165) is 48.3 Å². The summed E-state index contributed by atoms with van der Waals surface area (Å²) in [5.41, 5.74) is 2.25. The van der Waals surface area contributed by atoms with E-state index in [-0.39, 0.29) is 54.1 Å². The van der Waals surface area contributed by atoms with Crippen LogP contribution in [0.15, 0.2) is 42.3 Å². The number of carbonyl (C=O) groups excluding carboxylic acids is 5. The van der Waals surface area contributed by atoms with E-state index in [4.69, 9.17) is 25.8 Å². The van der Waals surface area contributed by atoms with Crippen molar-refractivity contribution in [1.29, 1.82) is 0 Å². The number of likely N-dealkylation sites (tertiary alicyclic amines) is 2. The van der Waals surface area contributed by atoms with Gasteiger partial charge in [-0.05, 0) is 74.9 Å². The van der Waals surface area contributed by atoms with Crippen LogP contribution in [0.1, 0.15) is 70.7 Å². The first-order valence-corrected chi connectivity index (χ1v) is 22.5. The lowest BCUT2D eigenvalue weighted by Crippen LogP contribution is -2.54. The van der Waals surface area contributed by atoms with E-state index >= 15 is 0 Å².